The first kappa shape index (κ1) is 15.7. The Balaban J connectivity index is 1.98. The molecule has 7 heteroatoms. The Morgan fingerprint density at radius 3 is 2.57 bits per heavy atom. The van der Waals surface area contributed by atoms with Crippen LogP contribution >= 0.6 is 35.2 Å². The van der Waals surface area contributed by atoms with Gasteiger partial charge in [0.2, 0.25) is 5.88 Å². The zero-order valence-electron chi connectivity index (χ0n) is 11.7. The number of hydrogen-bond acceptors (Lipinski definition) is 5. The van der Waals surface area contributed by atoms with Crippen molar-refractivity contribution in [2.45, 2.75) is 0 Å². The normalized spacial score (nSPS) is 11.2. The van der Waals surface area contributed by atoms with Gasteiger partial charge in [0.15, 0.2) is 3.95 Å². The lowest BCUT2D eigenvalue weighted by molar-refractivity contribution is 0.441. The smallest absolute Gasteiger partial charge is 0.216 e. The lowest BCUT2D eigenvalue weighted by Gasteiger charge is -2.04. The maximum Gasteiger partial charge on any atom is 0.216 e. The van der Waals surface area contributed by atoms with E-state index < -0.39 is 0 Å². The predicted molar refractivity (Wildman–Crippen MR) is 96.5 cm³/mol. The number of thiazole rings is 1. The molecule has 0 saturated carbocycles. The number of nitrogens with zero attached hydrogens (tertiary/aromatic N) is 2. The Labute approximate surface area is 146 Å². The van der Waals surface area contributed by atoms with Gasteiger partial charge in [0.1, 0.15) is 10.6 Å². The topological polar surface area (TPSA) is 57.8 Å². The number of phenolic OH excluding ortho intramolecular Hbond substituents is 1. The number of aromatic nitrogens is 1. The molecule has 3 aromatic rings. The number of halogens is 1. The molecule has 0 fully saturated rings. The molecule has 0 aliphatic rings. The van der Waals surface area contributed by atoms with Crippen LogP contribution in [-0.4, -0.2) is 21.0 Å². The predicted octanol–water partition coefficient (Wildman–Crippen LogP) is 5.08. The van der Waals surface area contributed by atoms with E-state index in [0.29, 0.717) is 25.2 Å². The van der Waals surface area contributed by atoms with Crippen LogP contribution in [0.5, 0.6) is 11.6 Å². The summed E-state index contributed by atoms with van der Waals surface area (Å²) in [5.41, 5.74) is 1.36. The average molecular weight is 363 g/mol. The fourth-order valence-corrected chi connectivity index (χ4v) is 3.39. The summed E-state index contributed by atoms with van der Waals surface area (Å²) < 4.78 is 2.01. The highest BCUT2D eigenvalue weighted by Crippen LogP contribution is 2.29. The van der Waals surface area contributed by atoms with Crippen LogP contribution in [0.1, 0.15) is 4.88 Å². The largest absolute Gasteiger partial charge is 0.508 e. The van der Waals surface area contributed by atoms with Gasteiger partial charge in [-0.3, -0.25) is 9.56 Å². The molecule has 4 nitrogen and oxygen atoms in total. The van der Waals surface area contributed by atoms with Crippen molar-refractivity contribution in [2.75, 3.05) is 0 Å². The van der Waals surface area contributed by atoms with E-state index in [0.717, 1.165) is 0 Å². The fourth-order valence-electron chi connectivity index (χ4n) is 1.99. The summed E-state index contributed by atoms with van der Waals surface area (Å²) in [7, 11) is 0. The van der Waals surface area contributed by atoms with E-state index in [2.05, 4.69) is 4.99 Å². The highest BCUT2D eigenvalue weighted by atomic mass is 35.5. The molecule has 0 bridgehead atoms. The first-order chi connectivity index (χ1) is 11.0. The summed E-state index contributed by atoms with van der Waals surface area (Å²) in [6, 6.07) is 13.5. The van der Waals surface area contributed by atoms with Gasteiger partial charge in [-0.15, -0.1) is 0 Å². The van der Waals surface area contributed by atoms with Gasteiger partial charge in [-0.1, -0.05) is 29.0 Å². The lowest BCUT2D eigenvalue weighted by atomic mass is 10.3. The minimum absolute atomic E-state index is 0.0106. The number of phenols is 1. The SMILES string of the molecule is Oc1ccc(-n2c(O)c(C=Nc3cccc(Cl)c3)sc2=S)cc1. The van der Waals surface area contributed by atoms with Crippen molar-refractivity contribution >= 4 is 47.1 Å². The Hall–Kier alpha value is -2.15. The van der Waals surface area contributed by atoms with Crippen molar-refractivity contribution in [2.24, 2.45) is 4.99 Å². The van der Waals surface area contributed by atoms with Crippen LogP contribution in [-0.2, 0) is 0 Å². The van der Waals surface area contributed by atoms with E-state index in [9.17, 15) is 10.2 Å². The molecular weight excluding hydrogens is 352 g/mol. The highest BCUT2D eigenvalue weighted by molar-refractivity contribution is 7.73. The molecule has 0 amide bonds. The molecule has 0 radical (unpaired) electrons. The molecule has 3 rings (SSSR count). The first-order valence-corrected chi connectivity index (χ1v) is 8.19. The maximum absolute atomic E-state index is 10.4. The van der Waals surface area contributed by atoms with Crippen molar-refractivity contribution in [3.63, 3.8) is 0 Å². The minimum Gasteiger partial charge on any atom is -0.508 e. The molecule has 1 heterocycles. The van der Waals surface area contributed by atoms with Crippen LogP contribution in [0.15, 0.2) is 53.5 Å². The highest BCUT2D eigenvalue weighted by Gasteiger charge is 2.12. The zero-order chi connectivity index (χ0) is 16.4. The summed E-state index contributed by atoms with van der Waals surface area (Å²) in [5.74, 6) is 0.161. The second-order valence-corrected chi connectivity index (χ2v) is 6.76. The zero-order valence-corrected chi connectivity index (χ0v) is 14.1. The van der Waals surface area contributed by atoms with E-state index in [1.54, 1.807) is 36.5 Å². The molecule has 0 saturated heterocycles. The molecule has 0 atom stereocenters. The van der Waals surface area contributed by atoms with E-state index in [-0.39, 0.29) is 11.6 Å². The molecule has 0 unspecified atom stereocenters. The van der Waals surface area contributed by atoms with Crippen LogP contribution in [0, 0.1) is 3.95 Å². The molecule has 2 aromatic carbocycles. The second kappa shape index (κ2) is 6.54. The van der Waals surface area contributed by atoms with Gasteiger partial charge in [0, 0.05) is 5.02 Å². The molecule has 23 heavy (non-hydrogen) atoms. The van der Waals surface area contributed by atoms with Crippen molar-refractivity contribution in [3.8, 4) is 17.3 Å². The molecule has 116 valence electrons. The van der Waals surface area contributed by atoms with E-state index >= 15 is 0 Å². The Morgan fingerprint density at radius 1 is 1.13 bits per heavy atom. The molecule has 0 spiro atoms. The third-order valence-electron chi connectivity index (χ3n) is 3.06. The van der Waals surface area contributed by atoms with Gasteiger partial charge < -0.3 is 10.2 Å². The van der Waals surface area contributed by atoms with E-state index in [1.165, 1.54) is 28.0 Å². The standard InChI is InChI=1S/C16H11ClN2O2S2/c17-10-2-1-3-11(8-10)18-9-14-15(21)19(16(22)23-14)12-4-6-13(20)7-5-12/h1-9,20-21H. The molecule has 0 aliphatic carbocycles. The molecular formula is C16H11ClN2O2S2. The van der Waals surface area contributed by atoms with E-state index in [4.69, 9.17) is 23.8 Å². The maximum atomic E-state index is 10.4. The number of aliphatic imine (C=N–C) groups is 1. The van der Waals surface area contributed by atoms with Crippen LogP contribution in [0.25, 0.3) is 5.69 Å². The monoisotopic (exact) mass is 362 g/mol. The van der Waals surface area contributed by atoms with Crippen molar-refractivity contribution in [1.29, 1.82) is 0 Å². The van der Waals surface area contributed by atoms with Crippen LogP contribution in [0.2, 0.25) is 5.02 Å². The summed E-state index contributed by atoms with van der Waals surface area (Å²) in [5, 5.41) is 20.3. The van der Waals surface area contributed by atoms with Gasteiger partial charge in [0.25, 0.3) is 0 Å². The quantitative estimate of drug-likeness (QED) is 0.504. The number of hydrogen-bond donors (Lipinski definition) is 2. The Bertz CT molecular complexity index is 930. The van der Waals surface area contributed by atoms with Gasteiger partial charge >= 0.3 is 0 Å². The van der Waals surface area contributed by atoms with Crippen molar-refractivity contribution in [1.82, 2.24) is 4.57 Å². The third-order valence-corrected chi connectivity index (χ3v) is 4.59. The van der Waals surface area contributed by atoms with E-state index in [1.807, 2.05) is 6.07 Å². The first-order valence-electron chi connectivity index (χ1n) is 6.58. The van der Waals surface area contributed by atoms with Gasteiger partial charge in [-0.05, 0) is 54.7 Å². The molecule has 0 aliphatic heterocycles. The van der Waals surface area contributed by atoms with Crippen LogP contribution < -0.4 is 0 Å². The third kappa shape index (κ3) is 3.44. The number of rotatable bonds is 3. The molecule has 2 N–H and O–H groups in total. The van der Waals surface area contributed by atoms with Crippen LogP contribution in [0.3, 0.4) is 0 Å². The van der Waals surface area contributed by atoms with Crippen molar-refractivity contribution < 1.29 is 10.2 Å². The number of aromatic hydroxyl groups is 2. The van der Waals surface area contributed by atoms with Gasteiger partial charge in [0.05, 0.1) is 17.6 Å². The fraction of sp³-hybridized carbons (Fsp3) is 0. The summed E-state index contributed by atoms with van der Waals surface area (Å²) in [6.45, 7) is 0. The second-order valence-electron chi connectivity index (χ2n) is 4.65. The lowest BCUT2D eigenvalue weighted by Crippen LogP contribution is -1.92. The Morgan fingerprint density at radius 2 is 1.87 bits per heavy atom. The summed E-state index contributed by atoms with van der Waals surface area (Å²) in [6.07, 6.45) is 1.55. The summed E-state index contributed by atoms with van der Waals surface area (Å²) >= 11 is 12.5. The summed E-state index contributed by atoms with van der Waals surface area (Å²) in [4.78, 5) is 4.85. The molecule has 1 aromatic heterocycles. The minimum atomic E-state index is 0.0106. The van der Waals surface area contributed by atoms with Gasteiger partial charge in [-0.25, -0.2) is 0 Å². The van der Waals surface area contributed by atoms with Crippen molar-refractivity contribution in [3.05, 3.63) is 62.4 Å². The number of benzene rings is 2. The average Bonchev–Trinajstić information content (AvgIpc) is 2.81. The van der Waals surface area contributed by atoms with Gasteiger partial charge in [-0.2, -0.15) is 0 Å². The van der Waals surface area contributed by atoms with Crippen LogP contribution in [0.4, 0.5) is 5.69 Å². The Kier molecular flexibility index (Phi) is 4.47.